The van der Waals surface area contributed by atoms with Crippen LogP contribution in [0, 0.1) is 5.41 Å². The summed E-state index contributed by atoms with van der Waals surface area (Å²) in [6.45, 7) is 2.49. The van der Waals surface area contributed by atoms with Crippen LogP contribution in [0.4, 0.5) is 0 Å². The number of nitrogens with two attached hydrogens (primary N) is 1. The van der Waals surface area contributed by atoms with E-state index < -0.39 is 24.1 Å². The predicted molar refractivity (Wildman–Crippen MR) is 91.4 cm³/mol. The van der Waals surface area contributed by atoms with Crippen LogP contribution in [0.1, 0.15) is 32.6 Å². The van der Waals surface area contributed by atoms with E-state index in [0.717, 1.165) is 13.0 Å². The van der Waals surface area contributed by atoms with Gasteiger partial charge in [0.1, 0.15) is 12.1 Å². The summed E-state index contributed by atoms with van der Waals surface area (Å²) in [7, 11) is 0. The van der Waals surface area contributed by atoms with E-state index in [0.29, 0.717) is 19.4 Å². The first kappa shape index (κ1) is 20.8. The summed E-state index contributed by atoms with van der Waals surface area (Å²) in [6.07, 6.45) is 2.82. The second kappa shape index (κ2) is 10.6. The van der Waals surface area contributed by atoms with Crippen LogP contribution < -0.4 is 27.0 Å². The van der Waals surface area contributed by atoms with Crippen LogP contribution in [0.5, 0.6) is 0 Å². The molecule has 0 aromatic heterocycles. The Kier molecular flexibility index (Phi) is 8.86. The molecule has 1 rings (SSSR count). The highest BCUT2D eigenvalue weighted by molar-refractivity contribution is 5.91. The number of nitrogens with one attached hydrogen (secondary N) is 5. The molecule has 1 aliphatic heterocycles. The molecule has 0 saturated carbocycles. The fraction of sp³-hybridized carbons (Fsp3) is 0.733. The Morgan fingerprint density at radius 3 is 2.68 bits per heavy atom. The van der Waals surface area contributed by atoms with E-state index in [1.807, 2.05) is 0 Å². The molecule has 4 atom stereocenters. The predicted octanol–water partition coefficient (Wildman–Crippen LogP) is -2.54. The Morgan fingerprint density at radius 1 is 1.44 bits per heavy atom. The van der Waals surface area contributed by atoms with Crippen LogP contribution in [0.3, 0.4) is 0 Å². The summed E-state index contributed by atoms with van der Waals surface area (Å²) in [5.74, 6) is -1.02. The van der Waals surface area contributed by atoms with Gasteiger partial charge in [-0.25, -0.2) is 0 Å². The van der Waals surface area contributed by atoms with E-state index in [9.17, 15) is 19.5 Å². The third-order valence-electron chi connectivity index (χ3n) is 3.90. The van der Waals surface area contributed by atoms with E-state index in [1.54, 1.807) is 6.29 Å². The van der Waals surface area contributed by atoms with Gasteiger partial charge in [-0.05, 0) is 39.2 Å². The van der Waals surface area contributed by atoms with Crippen LogP contribution in [-0.2, 0) is 14.4 Å². The number of hydrogen-bond donors (Lipinski definition) is 7. The highest BCUT2D eigenvalue weighted by atomic mass is 16.3. The summed E-state index contributed by atoms with van der Waals surface area (Å²) in [5, 5.41) is 27.3. The number of aliphatic hydroxyl groups excluding tert-OH is 1. The van der Waals surface area contributed by atoms with Crippen molar-refractivity contribution in [3.63, 3.8) is 0 Å². The number of amides is 2. The normalized spacial score (nSPS) is 20.2. The lowest BCUT2D eigenvalue weighted by molar-refractivity contribution is -0.130. The summed E-state index contributed by atoms with van der Waals surface area (Å²) in [6, 6.07) is -2.36. The SMILES string of the molecule is C[C@@H](O)[C@@H]([C]=O)NC(=O)[C@H](CCCNC(=N)N)NC(=O)[C@@H]1CCCN1. The minimum atomic E-state index is -1.16. The highest BCUT2D eigenvalue weighted by Gasteiger charge is 2.29. The molecule has 0 aromatic carbocycles. The maximum Gasteiger partial charge on any atom is 0.243 e. The lowest BCUT2D eigenvalue weighted by Gasteiger charge is -2.23. The van der Waals surface area contributed by atoms with E-state index in [-0.39, 0.29) is 24.3 Å². The van der Waals surface area contributed by atoms with E-state index in [4.69, 9.17) is 11.1 Å². The van der Waals surface area contributed by atoms with Gasteiger partial charge >= 0.3 is 0 Å². The minimum absolute atomic E-state index is 0.176. The molecule has 0 bridgehead atoms. The van der Waals surface area contributed by atoms with Gasteiger partial charge in [0.15, 0.2) is 5.96 Å². The molecule has 0 spiro atoms. The van der Waals surface area contributed by atoms with Gasteiger partial charge in [-0.3, -0.25) is 19.8 Å². The molecule has 0 unspecified atom stereocenters. The summed E-state index contributed by atoms with van der Waals surface area (Å²) in [5.41, 5.74) is 5.19. The second-order valence-corrected chi connectivity index (χ2v) is 6.04. The largest absolute Gasteiger partial charge is 0.391 e. The molecule has 10 nitrogen and oxygen atoms in total. The molecule has 0 aliphatic carbocycles. The molecular weight excluding hydrogens is 328 g/mol. The zero-order valence-corrected chi connectivity index (χ0v) is 14.3. The van der Waals surface area contributed by atoms with E-state index in [2.05, 4.69) is 21.3 Å². The number of aliphatic hydroxyl groups is 1. The first-order valence-electron chi connectivity index (χ1n) is 8.33. The van der Waals surface area contributed by atoms with E-state index >= 15 is 0 Å². The number of hydrogen-bond acceptors (Lipinski definition) is 6. The molecule has 2 amide bonds. The Morgan fingerprint density at radius 2 is 2.16 bits per heavy atom. The van der Waals surface area contributed by atoms with Gasteiger partial charge in [0.25, 0.3) is 0 Å². The third kappa shape index (κ3) is 7.48. The Balaban J connectivity index is 2.64. The van der Waals surface area contributed by atoms with Gasteiger partial charge in [0.05, 0.1) is 12.1 Å². The van der Waals surface area contributed by atoms with Crippen molar-refractivity contribution in [2.45, 2.75) is 56.8 Å². The van der Waals surface area contributed by atoms with Crippen molar-refractivity contribution in [1.29, 1.82) is 5.41 Å². The maximum absolute atomic E-state index is 12.4. The van der Waals surface area contributed by atoms with E-state index in [1.165, 1.54) is 6.92 Å². The highest BCUT2D eigenvalue weighted by Crippen LogP contribution is 2.07. The Labute approximate surface area is 146 Å². The van der Waals surface area contributed by atoms with Crippen molar-refractivity contribution in [3.05, 3.63) is 0 Å². The molecule has 10 heteroatoms. The van der Waals surface area contributed by atoms with Crippen molar-refractivity contribution in [2.75, 3.05) is 13.1 Å². The van der Waals surface area contributed by atoms with Crippen molar-refractivity contribution in [1.82, 2.24) is 21.3 Å². The van der Waals surface area contributed by atoms with Crippen molar-refractivity contribution in [3.8, 4) is 0 Å². The Hall–Kier alpha value is -2.20. The first-order valence-corrected chi connectivity index (χ1v) is 8.33. The monoisotopic (exact) mass is 355 g/mol. The fourth-order valence-electron chi connectivity index (χ4n) is 2.48. The van der Waals surface area contributed by atoms with Gasteiger partial charge in [-0.2, -0.15) is 0 Å². The van der Waals surface area contributed by atoms with Crippen LogP contribution in [0.15, 0.2) is 0 Å². The zero-order chi connectivity index (χ0) is 18.8. The first-order chi connectivity index (χ1) is 11.8. The van der Waals surface area contributed by atoms with Gasteiger partial charge in [-0.1, -0.05) is 0 Å². The van der Waals surface area contributed by atoms with Crippen LogP contribution in [-0.4, -0.2) is 66.5 Å². The molecular formula is C15H27N6O4. The average molecular weight is 355 g/mol. The average Bonchev–Trinajstić information content (AvgIpc) is 3.09. The zero-order valence-electron chi connectivity index (χ0n) is 14.3. The molecule has 1 saturated heterocycles. The number of carbonyl (C=O) groups is 2. The Bertz CT molecular complexity index is 479. The number of guanidine groups is 1. The van der Waals surface area contributed by atoms with Crippen LogP contribution >= 0.6 is 0 Å². The summed E-state index contributed by atoms with van der Waals surface area (Å²) < 4.78 is 0. The van der Waals surface area contributed by atoms with Gasteiger partial charge in [-0.15, -0.1) is 0 Å². The topological polar surface area (TPSA) is 169 Å². The molecule has 1 heterocycles. The molecule has 1 fully saturated rings. The number of rotatable bonds is 10. The lowest BCUT2D eigenvalue weighted by atomic mass is 10.1. The standard InChI is InChI=1S/C15H27N6O4/c1-9(23)12(8-22)21-14(25)11(5-3-7-19-15(16)17)20-13(24)10-4-2-6-18-10/h9-12,18,23H,2-7H2,1H3,(H,20,24)(H,21,25)(H4,16,17,19)/t9-,10+,11+,12-/m1/s1. The van der Waals surface area contributed by atoms with Gasteiger partial charge < -0.3 is 32.1 Å². The molecule has 0 aromatic rings. The molecule has 8 N–H and O–H groups in total. The summed E-state index contributed by atoms with van der Waals surface area (Å²) >= 11 is 0. The molecule has 1 aliphatic rings. The quantitative estimate of drug-likeness (QED) is 0.129. The second-order valence-electron chi connectivity index (χ2n) is 6.04. The van der Waals surface area contributed by atoms with Crippen molar-refractivity contribution in [2.24, 2.45) is 5.73 Å². The maximum atomic E-state index is 12.4. The minimum Gasteiger partial charge on any atom is -0.391 e. The van der Waals surface area contributed by atoms with Crippen LogP contribution in [0.2, 0.25) is 0 Å². The van der Waals surface area contributed by atoms with Gasteiger partial charge in [0, 0.05) is 6.54 Å². The molecule has 1 radical (unpaired) electrons. The van der Waals surface area contributed by atoms with Crippen LogP contribution in [0.25, 0.3) is 0 Å². The lowest BCUT2D eigenvalue weighted by Crippen LogP contribution is -2.55. The van der Waals surface area contributed by atoms with Gasteiger partial charge in [0.2, 0.25) is 18.1 Å². The summed E-state index contributed by atoms with van der Waals surface area (Å²) in [4.78, 5) is 35.4. The fourth-order valence-corrected chi connectivity index (χ4v) is 2.48. The van der Waals surface area contributed by atoms with Crippen molar-refractivity contribution < 1.29 is 19.5 Å². The van der Waals surface area contributed by atoms with Crippen molar-refractivity contribution >= 4 is 24.1 Å². The number of carbonyl (C=O) groups excluding carboxylic acids is 3. The molecule has 141 valence electrons. The third-order valence-corrected chi connectivity index (χ3v) is 3.90. The molecule has 25 heavy (non-hydrogen) atoms. The smallest absolute Gasteiger partial charge is 0.243 e.